The van der Waals surface area contributed by atoms with Crippen LogP contribution in [-0.2, 0) is 10.3 Å². The van der Waals surface area contributed by atoms with Gasteiger partial charge in [-0.2, -0.15) is 0 Å². The van der Waals surface area contributed by atoms with Gasteiger partial charge in [-0.3, -0.25) is 5.32 Å². The van der Waals surface area contributed by atoms with Gasteiger partial charge in [-0.25, -0.2) is 4.79 Å². The van der Waals surface area contributed by atoms with Crippen molar-refractivity contribution in [1.29, 1.82) is 0 Å². The normalized spacial score (nSPS) is 13.3. The van der Waals surface area contributed by atoms with Gasteiger partial charge in [0.15, 0.2) is 0 Å². The van der Waals surface area contributed by atoms with E-state index in [-0.39, 0.29) is 5.02 Å². The summed E-state index contributed by atoms with van der Waals surface area (Å²) in [5.41, 5.74) is 7.26. The molecule has 8 heteroatoms. The van der Waals surface area contributed by atoms with Crippen LogP contribution in [0.15, 0.2) is 23.3 Å². The van der Waals surface area contributed by atoms with Crippen molar-refractivity contribution >= 4 is 29.2 Å². The second-order valence-electron chi connectivity index (χ2n) is 4.29. The van der Waals surface area contributed by atoms with Crippen LogP contribution in [0.1, 0.15) is 18.9 Å². The minimum absolute atomic E-state index is 0.282. The number of carboxylic acids is 1. The van der Waals surface area contributed by atoms with Crippen LogP contribution in [0.25, 0.3) is 10.4 Å². The Morgan fingerprint density at radius 2 is 2.25 bits per heavy atom. The third-order valence-corrected chi connectivity index (χ3v) is 3.42. The van der Waals surface area contributed by atoms with E-state index in [0.29, 0.717) is 30.1 Å². The number of nitrogens with zero attached hydrogens (tertiary/aromatic N) is 3. The average Bonchev–Trinajstić information content (AvgIpc) is 2.37. The Morgan fingerprint density at radius 3 is 2.80 bits per heavy atom. The van der Waals surface area contributed by atoms with E-state index in [1.165, 1.54) is 13.0 Å². The summed E-state index contributed by atoms with van der Waals surface area (Å²) in [7, 11) is 0. The first kappa shape index (κ1) is 16.6. The number of aliphatic carboxylic acids is 1. The Hall–Kier alpha value is -1.46. The number of nitrogens with one attached hydrogen (secondary N) is 1. The molecule has 0 aliphatic carbocycles. The molecule has 0 heterocycles. The van der Waals surface area contributed by atoms with E-state index in [4.69, 9.17) is 28.7 Å². The zero-order valence-electron chi connectivity index (χ0n) is 10.8. The summed E-state index contributed by atoms with van der Waals surface area (Å²) in [5, 5.41) is 16.5. The minimum Gasteiger partial charge on any atom is -0.480 e. The highest BCUT2D eigenvalue weighted by Gasteiger charge is 2.36. The summed E-state index contributed by atoms with van der Waals surface area (Å²) in [4.78, 5) is 14.2. The van der Waals surface area contributed by atoms with Gasteiger partial charge in [0.1, 0.15) is 5.54 Å². The maximum Gasteiger partial charge on any atom is 0.328 e. The first-order valence-corrected chi connectivity index (χ1v) is 6.62. The van der Waals surface area contributed by atoms with E-state index in [9.17, 15) is 9.90 Å². The lowest BCUT2D eigenvalue weighted by molar-refractivity contribution is -0.144. The van der Waals surface area contributed by atoms with E-state index in [0.717, 1.165) is 0 Å². The molecule has 0 aromatic heterocycles. The van der Waals surface area contributed by atoms with Gasteiger partial charge in [-0.15, -0.1) is 0 Å². The fraction of sp³-hybridized carbons (Fsp3) is 0.417. The van der Waals surface area contributed by atoms with Crippen LogP contribution >= 0.6 is 23.2 Å². The van der Waals surface area contributed by atoms with E-state index < -0.39 is 11.5 Å². The molecule has 0 radical (unpaired) electrons. The van der Waals surface area contributed by atoms with Crippen LogP contribution in [0, 0.1) is 0 Å². The maximum atomic E-state index is 11.5. The smallest absolute Gasteiger partial charge is 0.328 e. The molecule has 0 saturated carbocycles. The molecule has 0 fully saturated rings. The Balaban J connectivity index is 2.91. The predicted octanol–water partition coefficient (Wildman–Crippen LogP) is 3.58. The van der Waals surface area contributed by atoms with Gasteiger partial charge in [0.05, 0.1) is 0 Å². The van der Waals surface area contributed by atoms with E-state index in [1.54, 1.807) is 12.1 Å². The number of carboxylic acid groups (broad SMARTS) is 1. The van der Waals surface area contributed by atoms with Gasteiger partial charge in [-0.1, -0.05) is 34.4 Å². The van der Waals surface area contributed by atoms with Crippen molar-refractivity contribution in [2.75, 3.05) is 13.1 Å². The molecule has 0 aliphatic rings. The van der Waals surface area contributed by atoms with Crippen molar-refractivity contribution in [1.82, 2.24) is 5.32 Å². The number of carbonyl (C=O) groups is 1. The van der Waals surface area contributed by atoms with E-state index in [1.807, 2.05) is 0 Å². The molecule has 0 amide bonds. The lowest BCUT2D eigenvalue weighted by Gasteiger charge is -2.28. The van der Waals surface area contributed by atoms with Crippen molar-refractivity contribution in [3.05, 3.63) is 44.3 Å². The van der Waals surface area contributed by atoms with Crippen LogP contribution < -0.4 is 5.32 Å². The number of azide groups is 1. The first-order valence-electron chi connectivity index (χ1n) is 5.86. The van der Waals surface area contributed by atoms with Crippen molar-refractivity contribution in [2.24, 2.45) is 5.11 Å². The topological polar surface area (TPSA) is 98.1 Å². The largest absolute Gasteiger partial charge is 0.480 e. The van der Waals surface area contributed by atoms with Gasteiger partial charge in [0, 0.05) is 27.1 Å². The van der Waals surface area contributed by atoms with Crippen molar-refractivity contribution < 1.29 is 9.90 Å². The Kier molecular flexibility index (Phi) is 6.10. The number of hydrogen-bond donors (Lipinski definition) is 2. The molecule has 0 spiro atoms. The van der Waals surface area contributed by atoms with Gasteiger partial charge in [-0.05, 0) is 37.6 Å². The van der Waals surface area contributed by atoms with Crippen LogP contribution in [0.3, 0.4) is 0 Å². The molecule has 0 aliphatic heterocycles. The zero-order valence-corrected chi connectivity index (χ0v) is 12.3. The number of rotatable bonds is 7. The summed E-state index contributed by atoms with van der Waals surface area (Å²) in [6.45, 7) is 2.20. The maximum absolute atomic E-state index is 11.5. The molecule has 1 aromatic rings. The highest BCUT2D eigenvalue weighted by molar-refractivity contribution is 6.35. The molecule has 1 rings (SSSR count). The fourth-order valence-corrected chi connectivity index (χ4v) is 2.31. The lowest BCUT2D eigenvalue weighted by atomic mass is 9.92. The Morgan fingerprint density at radius 1 is 1.55 bits per heavy atom. The lowest BCUT2D eigenvalue weighted by Crippen LogP contribution is -2.47. The van der Waals surface area contributed by atoms with Gasteiger partial charge < -0.3 is 5.11 Å². The van der Waals surface area contributed by atoms with Gasteiger partial charge in [0.25, 0.3) is 0 Å². The van der Waals surface area contributed by atoms with E-state index >= 15 is 0 Å². The Bertz CT molecular complexity index is 546. The predicted molar refractivity (Wildman–Crippen MR) is 78.1 cm³/mol. The third kappa shape index (κ3) is 4.02. The molecule has 20 heavy (non-hydrogen) atoms. The molecule has 6 nitrogen and oxygen atoms in total. The Labute approximate surface area is 126 Å². The number of halogens is 2. The van der Waals surface area contributed by atoms with Gasteiger partial charge >= 0.3 is 5.97 Å². The molecular weight excluding hydrogens is 303 g/mol. The summed E-state index contributed by atoms with van der Waals surface area (Å²) in [6, 6.07) is 4.67. The van der Waals surface area contributed by atoms with Crippen LogP contribution in [0.4, 0.5) is 0 Å². The fourth-order valence-electron chi connectivity index (χ4n) is 1.71. The molecule has 1 unspecified atom stereocenters. The highest BCUT2D eigenvalue weighted by Crippen LogP contribution is 2.30. The van der Waals surface area contributed by atoms with Gasteiger partial charge in [0.2, 0.25) is 0 Å². The standard InChI is InChI=1S/C12H14Cl2N4O2/c1-12(11(19)20,16-5-2-6-17-18-15)9-4-3-8(13)7-10(9)14/h3-4,7,16H,2,5-6H2,1H3,(H,19,20). The summed E-state index contributed by atoms with van der Waals surface area (Å²) in [5.74, 6) is -1.05. The summed E-state index contributed by atoms with van der Waals surface area (Å²) >= 11 is 11.9. The minimum atomic E-state index is -1.34. The van der Waals surface area contributed by atoms with Crippen molar-refractivity contribution in [3.8, 4) is 0 Å². The summed E-state index contributed by atoms with van der Waals surface area (Å²) < 4.78 is 0. The molecule has 0 bridgehead atoms. The molecular formula is C12H14Cl2N4O2. The van der Waals surface area contributed by atoms with Crippen molar-refractivity contribution in [3.63, 3.8) is 0 Å². The molecule has 2 N–H and O–H groups in total. The SMILES string of the molecule is CC(NCCCN=[N+]=[N-])(C(=O)O)c1ccc(Cl)cc1Cl. The van der Waals surface area contributed by atoms with E-state index in [2.05, 4.69) is 15.3 Å². The van der Waals surface area contributed by atoms with Crippen LogP contribution in [0.2, 0.25) is 10.0 Å². The van der Waals surface area contributed by atoms with Crippen molar-refractivity contribution in [2.45, 2.75) is 18.9 Å². The molecule has 108 valence electrons. The molecule has 0 saturated heterocycles. The third-order valence-electron chi connectivity index (χ3n) is 2.87. The summed E-state index contributed by atoms with van der Waals surface area (Å²) in [6.07, 6.45) is 0.526. The molecule has 1 aromatic carbocycles. The van der Waals surface area contributed by atoms with Crippen LogP contribution in [-0.4, -0.2) is 24.2 Å². The quantitative estimate of drug-likeness (QED) is 0.348. The second kappa shape index (κ2) is 7.36. The number of benzene rings is 1. The monoisotopic (exact) mass is 316 g/mol. The zero-order chi connectivity index (χ0) is 15.2. The highest BCUT2D eigenvalue weighted by atomic mass is 35.5. The number of hydrogen-bond acceptors (Lipinski definition) is 3. The first-order chi connectivity index (χ1) is 9.41. The molecule has 1 atom stereocenters. The average molecular weight is 317 g/mol. The second-order valence-corrected chi connectivity index (χ2v) is 5.13. The van der Waals surface area contributed by atoms with Crippen LogP contribution in [0.5, 0.6) is 0 Å².